The molecule has 0 spiro atoms. The van der Waals surface area contributed by atoms with E-state index in [0.29, 0.717) is 47.5 Å². The summed E-state index contributed by atoms with van der Waals surface area (Å²) in [5, 5.41) is 9.15. The number of thiophene rings is 1. The van der Waals surface area contributed by atoms with Crippen molar-refractivity contribution in [2.24, 2.45) is 0 Å². The highest BCUT2D eigenvalue weighted by atomic mass is 35.5. The fourth-order valence-electron chi connectivity index (χ4n) is 5.56. The zero-order valence-electron chi connectivity index (χ0n) is 25.0. The van der Waals surface area contributed by atoms with E-state index in [0.717, 1.165) is 47.0 Å². The van der Waals surface area contributed by atoms with Crippen LogP contribution in [0.4, 0.5) is 11.4 Å². The Kier molecular flexibility index (Phi) is 9.34. The monoisotopic (exact) mass is 636 g/mol. The molecule has 45 heavy (non-hydrogen) atoms. The van der Waals surface area contributed by atoms with E-state index in [1.54, 1.807) is 19.2 Å². The topological polar surface area (TPSA) is 77.6 Å². The van der Waals surface area contributed by atoms with Crippen molar-refractivity contribution in [1.82, 2.24) is 14.5 Å². The van der Waals surface area contributed by atoms with Crippen LogP contribution in [-0.4, -0.2) is 53.6 Å². The number of rotatable bonds is 10. The minimum atomic E-state index is 0.0495. The molecule has 0 saturated carbocycles. The molecule has 3 aromatic carbocycles. The second-order valence-corrected chi connectivity index (χ2v) is 12.6. The first-order chi connectivity index (χ1) is 22.0. The summed E-state index contributed by atoms with van der Waals surface area (Å²) in [5.41, 5.74) is 6.21. The summed E-state index contributed by atoms with van der Waals surface area (Å²) in [6.07, 6.45) is 3.78. The van der Waals surface area contributed by atoms with E-state index >= 15 is 0 Å². The molecule has 1 fully saturated rings. The molecule has 0 unspecified atom stereocenters. The van der Waals surface area contributed by atoms with Gasteiger partial charge in [-0.1, -0.05) is 35.9 Å². The molecule has 1 aliphatic heterocycles. The second kappa shape index (κ2) is 13.9. The molecule has 228 valence electrons. The van der Waals surface area contributed by atoms with Crippen molar-refractivity contribution < 1.29 is 9.53 Å². The number of carbonyl (C=O) groups is 1. The summed E-state index contributed by atoms with van der Waals surface area (Å²) in [7, 11) is 1.69. The number of benzene rings is 3. The van der Waals surface area contributed by atoms with Gasteiger partial charge < -0.3 is 24.0 Å². The molecule has 6 rings (SSSR count). The number of nitriles is 1. The van der Waals surface area contributed by atoms with Crippen molar-refractivity contribution >= 4 is 40.2 Å². The molecule has 1 saturated heterocycles. The van der Waals surface area contributed by atoms with Crippen LogP contribution in [0.2, 0.25) is 4.34 Å². The third-order valence-electron chi connectivity index (χ3n) is 8.03. The molecule has 0 radical (unpaired) electrons. The molecule has 10 heteroatoms. The molecule has 0 aliphatic carbocycles. The maximum absolute atomic E-state index is 12.9. The lowest BCUT2D eigenvalue weighted by Gasteiger charge is -2.36. The zero-order chi connectivity index (χ0) is 31.2. The van der Waals surface area contributed by atoms with Gasteiger partial charge in [-0.25, -0.2) is 4.98 Å². The SMILES string of the molecule is COc1cccc(CN(Cc2cncn2Cc2ccc(C#N)cc2)c2ccc(N3CCN(C(=O)c4ccc(Cl)s4)CC3)cc2)c1. The second-order valence-electron chi connectivity index (χ2n) is 10.9. The Morgan fingerprint density at radius 2 is 1.76 bits per heavy atom. The summed E-state index contributed by atoms with van der Waals surface area (Å²) in [6.45, 7) is 4.88. The van der Waals surface area contributed by atoms with Gasteiger partial charge in [-0.05, 0) is 71.8 Å². The number of nitrogens with zero attached hydrogens (tertiary/aromatic N) is 6. The van der Waals surface area contributed by atoms with E-state index in [1.807, 2.05) is 53.8 Å². The predicted molar refractivity (Wildman–Crippen MR) is 179 cm³/mol. The van der Waals surface area contributed by atoms with Crippen LogP contribution in [0.25, 0.3) is 0 Å². The Hall–Kier alpha value is -4.78. The van der Waals surface area contributed by atoms with Gasteiger partial charge in [0.25, 0.3) is 5.91 Å². The van der Waals surface area contributed by atoms with Crippen molar-refractivity contribution in [1.29, 1.82) is 5.26 Å². The number of ether oxygens (including phenoxy) is 1. The van der Waals surface area contributed by atoms with Crippen molar-refractivity contribution in [2.75, 3.05) is 43.1 Å². The number of hydrogen-bond acceptors (Lipinski definition) is 7. The normalized spacial score (nSPS) is 13.0. The minimum absolute atomic E-state index is 0.0495. The number of halogens is 1. The summed E-state index contributed by atoms with van der Waals surface area (Å²) in [4.78, 5) is 24.6. The highest BCUT2D eigenvalue weighted by molar-refractivity contribution is 7.17. The Morgan fingerprint density at radius 1 is 0.978 bits per heavy atom. The van der Waals surface area contributed by atoms with E-state index in [1.165, 1.54) is 11.3 Å². The Bertz CT molecular complexity index is 1790. The van der Waals surface area contributed by atoms with Crippen LogP contribution in [0, 0.1) is 11.3 Å². The van der Waals surface area contributed by atoms with Gasteiger partial charge in [-0.2, -0.15) is 5.26 Å². The van der Waals surface area contributed by atoms with Gasteiger partial charge in [0.05, 0.1) is 46.5 Å². The summed E-state index contributed by atoms with van der Waals surface area (Å²) in [6, 6.07) is 30.3. The van der Waals surface area contributed by atoms with Gasteiger partial charge in [0.15, 0.2) is 0 Å². The van der Waals surface area contributed by atoms with Gasteiger partial charge in [-0.15, -0.1) is 11.3 Å². The first-order valence-electron chi connectivity index (χ1n) is 14.7. The first-order valence-corrected chi connectivity index (χ1v) is 15.9. The Morgan fingerprint density at radius 3 is 2.44 bits per heavy atom. The van der Waals surface area contributed by atoms with Gasteiger partial charge in [0.2, 0.25) is 0 Å². The lowest BCUT2D eigenvalue weighted by atomic mass is 10.1. The molecule has 0 N–H and O–H groups in total. The van der Waals surface area contributed by atoms with Gasteiger partial charge >= 0.3 is 0 Å². The predicted octanol–water partition coefficient (Wildman–Crippen LogP) is 6.70. The molecule has 0 atom stereocenters. The average molecular weight is 637 g/mol. The molecule has 8 nitrogen and oxygen atoms in total. The van der Waals surface area contributed by atoms with Gasteiger partial charge in [0, 0.05) is 56.8 Å². The third kappa shape index (κ3) is 7.31. The maximum Gasteiger partial charge on any atom is 0.264 e. The van der Waals surface area contributed by atoms with Crippen LogP contribution in [0.15, 0.2) is 97.5 Å². The quantitative estimate of drug-likeness (QED) is 0.170. The summed E-state index contributed by atoms with van der Waals surface area (Å²) < 4.78 is 8.28. The van der Waals surface area contributed by atoms with Crippen molar-refractivity contribution in [3.63, 3.8) is 0 Å². The molecular formula is C35H33ClN6O2S. The Labute approximate surface area is 272 Å². The molecule has 3 heterocycles. The van der Waals surface area contributed by atoms with E-state index in [9.17, 15) is 4.79 Å². The molecule has 1 amide bonds. The standard InChI is InChI=1S/C35H33ClN6O2S/c1-44-32-4-2-3-28(19-32)23-41(24-31-21-38-25-42(31)22-27-7-5-26(20-37)6-8-27)30-11-9-29(10-12-30)39-15-17-40(18-16-39)35(43)33-13-14-34(36)45-33/h2-14,19,21,25H,15-18,22-24H2,1H3. The molecule has 0 bridgehead atoms. The van der Waals surface area contributed by atoms with Gasteiger partial charge in [-0.3, -0.25) is 4.79 Å². The number of anilines is 2. The highest BCUT2D eigenvalue weighted by Gasteiger charge is 2.23. The number of methoxy groups -OCH3 is 1. The van der Waals surface area contributed by atoms with E-state index < -0.39 is 0 Å². The van der Waals surface area contributed by atoms with Crippen LogP contribution < -0.4 is 14.5 Å². The van der Waals surface area contributed by atoms with Crippen molar-refractivity contribution in [2.45, 2.75) is 19.6 Å². The summed E-state index contributed by atoms with van der Waals surface area (Å²) >= 11 is 7.38. The number of imidazole rings is 1. The average Bonchev–Trinajstić information content (AvgIpc) is 3.73. The van der Waals surface area contributed by atoms with E-state index in [2.05, 4.69) is 61.8 Å². The lowest BCUT2D eigenvalue weighted by Crippen LogP contribution is -2.48. The van der Waals surface area contributed by atoms with Crippen LogP contribution in [0.5, 0.6) is 5.75 Å². The number of carbonyl (C=O) groups excluding carboxylic acids is 1. The third-order valence-corrected chi connectivity index (χ3v) is 9.24. The first kappa shape index (κ1) is 30.3. The van der Waals surface area contributed by atoms with Crippen LogP contribution in [-0.2, 0) is 19.6 Å². The highest BCUT2D eigenvalue weighted by Crippen LogP contribution is 2.27. The summed E-state index contributed by atoms with van der Waals surface area (Å²) in [5.74, 6) is 0.877. The maximum atomic E-state index is 12.9. The van der Waals surface area contributed by atoms with Crippen LogP contribution >= 0.6 is 22.9 Å². The van der Waals surface area contributed by atoms with E-state index in [-0.39, 0.29) is 5.91 Å². The molecule has 5 aromatic rings. The van der Waals surface area contributed by atoms with E-state index in [4.69, 9.17) is 21.6 Å². The van der Waals surface area contributed by atoms with Crippen LogP contribution in [0.1, 0.15) is 32.1 Å². The fraction of sp³-hybridized carbons (Fsp3) is 0.229. The molecular weight excluding hydrogens is 604 g/mol. The largest absolute Gasteiger partial charge is 0.497 e. The van der Waals surface area contributed by atoms with Crippen molar-refractivity contribution in [3.05, 3.63) is 129 Å². The fourth-order valence-corrected chi connectivity index (χ4v) is 6.57. The minimum Gasteiger partial charge on any atom is -0.497 e. The lowest BCUT2D eigenvalue weighted by molar-refractivity contribution is 0.0751. The van der Waals surface area contributed by atoms with Gasteiger partial charge in [0.1, 0.15) is 5.75 Å². The number of amides is 1. The Balaban J connectivity index is 1.18. The smallest absolute Gasteiger partial charge is 0.264 e. The number of piperazine rings is 1. The zero-order valence-corrected chi connectivity index (χ0v) is 26.5. The number of hydrogen-bond donors (Lipinski definition) is 0. The van der Waals surface area contributed by atoms with Crippen LogP contribution in [0.3, 0.4) is 0 Å². The number of aromatic nitrogens is 2. The molecule has 1 aliphatic rings. The van der Waals surface area contributed by atoms with Crippen molar-refractivity contribution in [3.8, 4) is 11.8 Å². The molecule has 2 aromatic heterocycles.